The predicted molar refractivity (Wildman–Crippen MR) is 103 cm³/mol. The van der Waals surface area contributed by atoms with Gasteiger partial charge in [0.05, 0.1) is 23.0 Å². The SMILES string of the molecule is Cc1ccc(S(=O)(=O)N/N=C/c2cn[nH]c2-c2ccc(Cl)cc2)c(C)c1. The van der Waals surface area contributed by atoms with Crippen molar-refractivity contribution in [2.45, 2.75) is 18.7 Å². The summed E-state index contributed by atoms with van der Waals surface area (Å²) >= 11 is 5.90. The van der Waals surface area contributed by atoms with E-state index in [2.05, 4.69) is 20.1 Å². The Labute approximate surface area is 157 Å². The summed E-state index contributed by atoms with van der Waals surface area (Å²) in [5.74, 6) is 0. The average Bonchev–Trinajstić information content (AvgIpc) is 3.03. The van der Waals surface area contributed by atoms with E-state index >= 15 is 0 Å². The van der Waals surface area contributed by atoms with E-state index in [0.717, 1.165) is 16.8 Å². The van der Waals surface area contributed by atoms with Gasteiger partial charge in [-0.05, 0) is 37.6 Å². The van der Waals surface area contributed by atoms with Gasteiger partial charge in [0.25, 0.3) is 10.0 Å². The highest BCUT2D eigenvalue weighted by Crippen LogP contribution is 2.22. The van der Waals surface area contributed by atoms with E-state index in [-0.39, 0.29) is 4.90 Å². The van der Waals surface area contributed by atoms with Gasteiger partial charge in [0, 0.05) is 16.1 Å². The summed E-state index contributed by atoms with van der Waals surface area (Å²) in [5.41, 5.74) is 3.89. The highest BCUT2D eigenvalue weighted by Gasteiger charge is 2.15. The number of H-pyrrole nitrogens is 1. The smallest absolute Gasteiger partial charge is 0.276 e. The van der Waals surface area contributed by atoms with Crippen LogP contribution in [0.3, 0.4) is 0 Å². The van der Waals surface area contributed by atoms with Crippen LogP contribution in [0.4, 0.5) is 0 Å². The van der Waals surface area contributed by atoms with E-state index in [1.54, 1.807) is 37.4 Å². The van der Waals surface area contributed by atoms with Crippen LogP contribution in [0.2, 0.25) is 5.02 Å². The zero-order valence-electron chi connectivity index (χ0n) is 14.2. The molecule has 0 fully saturated rings. The lowest BCUT2D eigenvalue weighted by Gasteiger charge is -2.07. The van der Waals surface area contributed by atoms with Gasteiger partial charge in [-0.25, -0.2) is 4.83 Å². The van der Waals surface area contributed by atoms with Crippen LogP contribution in [0, 0.1) is 13.8 Å². The van der Waals surface area contributed by atoms with E-state index in [0.29, 0.717) is 16.1 Å². The molecule has 8 heteroatoms. The third kappa shape index (κ3) is 3.95. The normalized spacial score (nSPS) is 11.8. The minimum Gasteiger partial charge on any atom is -0.277 e. The van der Waals surface area contributed by atoms with Crippen molar-refractivity contribution in [2.24, 2.45) is 5.10 Å². The molecule has 0 saturated carbocycles. The Balaban J connectivity index is 1.81. The highest BCUT2D eigenvalue weighted by atomic mass is 35.5. The maximum Gasteiger partial charge on any atom is 0.276 e. The highest BCUT2D eigenvalue weighted by molar-refractivity contribution is 7.89. The first-order valence-electron chi connectivity index (χ1n) is 7.78. The van der Waals surface area contributed by atoms with Crippen LogP contribution in [-0.2, 0) is 10.0 Å². The number of hydrazone groups is 1. The third-order valence-corrected chi connectivity index (χ3v) is 5.43. The van der Waals surface area contributed by atoms with E-state index in [1.807, 2.05) is 25.1 Å². The summed E-state index contributed by atoms with van der Waals surface area (Å²) in [6, 6.07) is 12.3. The molecule has 2 N–H and O–H groups in total. The zero-order valence-corrected chi connectivity index (χ0v) is 15.8. The zero-order chi connectivity index (χ0) is 18.7. The average molecular weight is 389 g/mol. The van der Waals surface area contributed by atoms with E-state index in [4.69, 9.17) is 11.6 Å². The summed E-state index contributed by atoms with van der Waals surface area (Å²) in [5, 5.41) is 11.4. The van der Waals surface area contributed by atoms with Gasteiger partial charge in [0.1, 0.15) is 0 Å². The first-order valence-corrected chi connectivity index (χ1v) is 9.64. The molecule has 0 saturated heterocycles. The van der Waals surface area contributed by atoms with Crippen LogP contribution in [-0.4, -0.2) is 24.8 Å². The Morgan fingerprint density at radius 2 is 1.88 bits per heavy atom. The molecule has 3 rings (SSSR count). The van der Waals surface area contributed by atoms with Crippen molar-refractivity contribution in [3.05, 3.63) is 70.4 Å². The van der Waals surface area contributed by atoms with Crippen LogP contribution in [0.5, 0.6) is 0 Å². The number of nitrogens with zero attached hydrogens (tertiary/aromatic N) is 2. The van der Waals surface area contributed by atoms with Gasteiger partial charge in [0.2, 0.25) is 0 Å². The van der Waals surface area contributed by atoms with E-state index < -0.39 is 10.0 Å². The maximum absolute atomic E-state index is 12.4. The summed E-state index contributed by atoms with van der Waals surface area (Å²) in [4.78, 5) is 2.44. The second-order valence-electron chi connectivity index (χ2n) is 5.83. The van der Waals surface area contributed by atoms with Gasteiger partial charge in [-0.1, -0.05) is 41.4 Å². The number of aromatic nitrogens is 2. The molecule has 0 atom stereocenters. The van der Waals surface area contributed by atoms with Gasteiger partial charge < -0.3 is 0 Å². The summed E-state index contributed by atoms with van der Waals surface area (Å²) in [6.45, 7) is 3.66. The lowest BCUT2D eigenvalue weighted by Crippen LogP contribution is -2.19. The van der Waals surface area contributed by atoms with Crippen molar-refractivity contribution >= 4 is 27.8 Å². The lowest BCUT2D eigenvalue weighted by atomic mass is 10.1. The number of aromatic amines is 1. The monoisotopic (exact) mass is 388 g/mol. The van der Waals surface area contributed by atoms with Crippen LogP contribution in [0.25, 0.3) is 11.3 Å². The molecule has 1 heterocycles. The molecular formula is C18H17ClN4O2S. The van der Waals surface area contributed by atoms with E-state index in [1.165, 1.54) is 6.21 Å². The molecule has 3 aromatic rings. The molecule has 0 aliphatic carbocycles. The number of halogens is 1. The minimum atomic E-state index is -3.74. The Morgan fingerprint density at radius 3 is 2.58 bits per heavy atom. The molecule has 0 aliphatic heterocycles. The molecule has 26 heavy (non-hydrogen) atoms. The minimum absolute atomic E-state index is 0.199. The summed E-state index contributed by atoms with van der Waals surface area (Å²) < 4.78 is 24.8. The predicted octanol–water partition coefficient (Wildman–Crippen LogP) is 3.66. The molecule has 6 nitrogen and oxygen atoms in total. The van der Waals surface area contributed by atoms with Gasteiger partial charge in [0.15, 0.2) is 0 Å². The molecule has 0 bridgehead atoms. The van der Waals surface area contributed by atoms with E-state index in [9.17, 15) is 8.42 Å². The maximum atomic E-state index is 12.4. The Bertz CT molecular complexity index is 1060. The number of aryl methyl sites for hydroxylation is 2. The summed E-state index contributed by atoms with van der Waals surface area (Å²) in [7, 11) is -3.74. The van der Waals surface area contributed by atoms with Crippen LogP contribution in [0.15, 0.2) is 58.7 Å². The third-order valence-electron chi connectivity index (χ3n) is 3.80. The van der Waals surface area contributed by atoms with Crippen LogP contribution < -0.4 is 4.83 Å². The summed E-state index contributed by atoms with van der Waals surface area (Å²) in [6.07, 6.45) is 2.98. The second-order valence-corrected chi connectivity index (χ2v) is 7.89. The van der Waals surface area contributed by atoms with Gasteiger partial charge in [-0.15, -0.1) is 0 Å². The molecule has 0 unspecified atom stereocenters. The van der Waals surface area contributed by atoms with Crippen molar-refractivity contribution in [1.29, 1.82) is 0 Å². The Hall–Kier alpha value is -2.64. The van der Waals surface area contributed by atoms with Gasteiger partial charge >= 0.3 is 0 Å². The van der Waals surface area contributed by atoms with Crippen LogP contribution in [0.1, 0.15) is 16.7 Å². The molecule has 0 radical (unpaired) electrons. The molecule has 0 amide bonds. The van der Waals surface area contributed by atoms with Gasteiger partial charge in [-0.2, -0.15) is 18.6 Å². The number of hydrogen-bond donors (Lipinski definition) is 2. The molecule has 0 aliphatic rings. The van der Waals surface area contributed by atoms with Crippen molar-refractivity contribution in [3.63, 3.8) is 0 Å². The van der Waals surface area contributed by atoms with Crippen molar-refractivity contribution in [2.75, 3.05) is 0 Å². The number of hydrogen-bond acceptors (Lipinski definition) is 4. The number of sulfonamides is 1. The van der Waals surface area contributed by atoms with Crippen LogP contribution >= 0.6 is 11.6 Å². The number of nitrogens with one attached hydrogen (secondary N) is 2. The number of rotatable bonds is 5. The van der Waals surface area contributed by atoms with Gasteiger partial charge in [-0.3, -0.25) is 5.10 Å². The van der Waals surface area contributed by atoms with Crippen molar-refractivity contribution in [3.8, 4) is 11.3 Å². The first kappa shape index (κ1) is 18.2. The standard InChI is InChI=1S/C18H17ClN4O2S/c1-12-3-8-17(13(2)9-12)26(24,25)23-21-11-15-10-20-22-18(15)14-4-6-16(19)7-5-14/h3-11,23H,1-2H3,(H,20,22)/b21-11+. The Kier molecular flexibility index (Phi) is 5.11. The fourth-order valence-corrected chi connectivity index (χ4v) is 3.70. The lowest BCUT2D eigenvalue weighted by molar-refractivity contribution is 0.584. The first-order chi connectivity index (χ1) is 12.4. The quantitative estimate of drug-likeness (QED) is 0.516. The molecule has 1 aromatic heterocycles. The molecule has 2 aromatic carbocycles. The number of benzene rings is 2. The fourth-order valence-electron chi connectivity index (χ4n) is 2.56. The fraction of sp³-hybridized carbons (Fsp3) is 0.111. The Morgan fingerprint density at radius 1 is 1.15 bits per heavy atom. The molecule has 0 spiro atoms. The van der Waals surface area contributed by atoms with Crippen molar-refractivity contribution < 1.29 is 8.42 Å². The largest absolute Gasteiger partial charge is 0.277 e. The topological polar surface area (TPSA) is 87.2 Å². The molecular weight excluding hydrogens is 372 g/mol. The van der Waals surface area contributed by atoms with Crippen molar-refractivity contribution in [1.82, 2.24) is 15.0 Å². The second kappa shape index (κ2) is 7.31. The molecule has 134 valence electrons.